The van der Waals surface area contributed by atoms with Gasteiger partial charge in [0.2, 0.25) is 5.88 Å². The van der Waals surface area contributed by atoms with Gasteiger partial charge in [0.05, 0.1) is 11.3 Å². The number of nitrogens with zero attached hydrogens (tertiary/aromatic N) is 2. The fraction of sp³-hybridized carbons (Fsp3) is 0.412. The molecule has 2 aromatic rings. The average molecular weight is 286 g/mol. The van der Waals surface area contributed by atoms with Crippen LogP contribution in [0.5, 0.6) is 5.88 Å². The Kier molecular flexibility index (Phi) is 4.78. The number of carbonyl (C=O) groups is 1. The van der Waals surface area contributed by atoms with E-state index in [9.17, 15) is 4.79 Å². The fourth-order valence-corrected chi connectivity index (χ4v) is 2.35. The first-order valence-electron chi connectivity index (χ1n) is 7.28. The summed E-state index contributed by atoms with van der Waals surface area (Å²) < 4.78 is 7.66. The van der Waals surface area contributed by atoms with Gasteiger partial charge in [-0.3, -0.25) is 9.48 Å². The predicted molar refractivity (Wildman–Crippen MR) is 82.9 cm³/mol. The fourth-order valence-electron chi connectivity index (χ4n) is 2.35. The van der Waals surface area contributed by atoms with E-state index in [-0.39, 0.29) is 12.0 Å². The van der Waals surface area contributed by atoms with Crippen LogP contribution in [0.2, 0.25) is 0 Å². The quantitative estimate of drug-likeness (QED) is 0.754. The Labute approximate surface area is 125 Å². The number of carbonyl (C=O) groups excluding carboxylic acids is 1. The van der Waals surface area contributed by atoms with Crippen LogP contribution in [-0.2, 0) is 6.61 Å². The molecular formula is C17H22N2O2. The van der Waals surface area contributed by atoms with Gasteiger partial charge < -0.3 is 4.74 Å². The lowest BCUT2D eigenvalue weighted by Crippen LogP contribution is -2.09. The highest BCUT2D eigenvalue weighted by Gasteiger charge is 2.22. The first-order valence-corrected chi connectivity index (χ1v) is 7.28. The Morgan fingerprint density at radius 2 is 1.86 bits per heavy atom. The van der Waals surface area contributed by atoms with E-state index in [2.05, 4.69) is 32.8 Å². The lowest BCUT2D eigenvalue weighted by Gasteiger charge is -2.13. The number of rotatable bonds is 6. The summed E-state index contributed by atoms with van der Waals surface area (Å²) in [6.45, 7) is 8.63. The third-order valence-electron chi connectivity index (χ3n) is 3.32. The molecule has 0 fully saturated rings. The second-order valence-corrected chi connectivity index (χ2v) is 5.69. The molecule has 0 unspecified atom stereocenters. The minimum Gasteiger partial charge on any atom is -0.471 e. The lowest BCUT2D eigenvalue weighted by atomic mass is 10.1. The monoisotopic (exact) mass is 286 g/mol. The normalized spacial score (nSPS) is 11.1. The molecule has 0 saturated carbocycles. The largest absolute Gasteiger partial charge is 0.471 e. The van der Waals surface area contributed by atoms with Gasteiger partial charge in [0.1, 0.15) is 6.61 Å². The van der Waals surface area contributed by atoms with Gasteiger partial charge in [0, 0.05) is 6.04 Å². The molecule has 2 rings (SSSR count). The maximum Gasteiger partial charge on any atom is 0.244 e. The van der Waals surface area contributed by atoms with E-state index in [1.807, 2.05) is 35.0 Å². The molecule has 4 heteroatoms. The molecule has 4 nitrogen and oxygen atoms in total. The average Bonchev–Trinajstić information content (AvgIpc) is 2.85. The Hall–Kier alpha value is -2.10. The van der Waals surface area contributed by atoms with Crippen molar-refractivity contribution in [2.75, 3.05) is 0 Å². The molecule has 21 heavy (non-hydrogen) atoms. The maximum absolute atomic E-state index is 11.5. The Morgan fingerprint density at radius 3 is 2.38 bits per heavy atom. The molecule has 0 spiro atoms. The first-order chi connectivity index (χ1) is 10.0. The minimum absolute atomic E-state index is 0.190. The molecule has 1 heterocycles. The van der Waals surface area contributed by atoms with E-state index in [1.165, 1.54) is 0 Å². The van der Waals surface area contributed by atoms with E-state index >= 15 is 0 Å². The van der Waals surface area contributed by atoms with E-state index in [4.69, 9.17) is 4.74 Å². The summed E-state index contributed by atoms with van der Waals surface area (Å²) in [7, 11) is 0. The standard InChI is InChI=1S/C17H22N2O2/c1-12(2)16-15(10-20)17(18-19(16)13(3)4)21-11-14-8-6-5-7-9-14/h5-10,12-13H,11H2,1-4H3. The third kappa shape index (κ3) is 3.32. The Morgan fingerprint density at radius 1 is 1.19 bits per heavy atom. The molecule has 1 aromatic carbocycles. The molecule has 0 atom stereocenters. The van der Waals surface area contributed by atoms with Crippen molar-refractivity contribution >= 4 is 6.29 Å². The highest BCUT2D eigenvalue weighted by Crippen LogP contribution is 2.29. The van der Waals surface area contributed by atoms with Crippen LogP contribution in [0, 0.1) is 0 Å². The Bertz CT molecular complexity index is 601. The van der Waals surface area contributed by atoms with Crippen LogP contribution < -0.4 is 4.74 Å². The topological polar surface area (TPSA) is 44.1 Å². The van der Waals surface area contributed by atoms with Crippen molar-refractivity contribution in [3.8, 4) is 5.88 Å². The van der Waals surface area contributed by atoms with Gasteiger partial charge in [-0.25, -0.2) is 0 Å². The Balaban J connectivity index is 2.31. The lowest BCUT2D eigenvalue weighted by molar-refractivity contribution is 0.111. The van der Waals surface area contributed by atoms with E-state index in [1.54, 1.807) is 0 Å². The van der Waals surface area contributed by atoms with Crippen LogP contribution >= 0.6 is 0 Å². The zero-order valence-corrected chi connectivity index (χ0v) is 13.0. The van der Waals surface area contributed by atoms with Gasteiger partial charge in [-0.2, -0.15) is 0 Å². The van der Waals surface area contributed by atoms with Gasteiger partial charge in [-0.1, -0.05) is 44.2 Å². The molecular weight excluding hydrogens is 264 g/mol. The summed E-state index contributed by atoms with van der Waals surface area (Å²) in [5.41, 5.74) is 2.55. The van der Waals surface area contributed by atoms with Gasteiger partial charge >= 0.3 is 0 Å². The first kappa shape index (κ1) is 15.3. The van der Waals surface area contributed by atoms with Gasteiger partial charge in [-0.05, 0) is 25.3 Å². The second-order valence-electron chi connectivity index (χ2n) is 5.69. The summed E-state index contributed by atoms with van der Waals surface area (Å²) in [6, 6.07) is 10.1. The zero-order chi connectivity index (χ0) is 15.4. The van der Waals surface area contributed by atoms with Crippen LogP contribution in [0.25, 0.3) is 0 Å². The number of aldehydes is 1. The van der Waals surface area contributed by atoms with Crippen LogP contribution in [0.3, 0.4) is 0 Å². The molecule has 0 amide bonds. The van der Waals surface area contributed by atoms with Crippen molar-refractivity contribution in [2.24, 2.45) is 0 Å². The molecule has 0 aliphatic heterocycles. The molecule has 0 aliphatic rings. The maximum atomic E-state index is 11.5. The van der Waals surface area contributed by atoms with Crippen LogP contribution in [0.15, 0.2) is 30.3 Å². The van der Waals surface area contributed by atoms with Crippen molar-refractivity contribution in [2.45, 2.75) is 46.3 Å². The van der Waals surface area contributed by atoms with E-state index in [0.717, 1.165) is 17.5 Å². The number of aromatic nitrogens is 2. The second kappa shape index (κ2) is 6.57. The van der Waals surface area contributed by atoms with Crippen molar-refractivity contribution in [3.05, 3.63) is 47.2 Å². The summed E-state index contributed by atoms with van der Waals surface area (Å²) in [4.78, 5) is 11.5. The minimum atomic E-state index is 0.190. The summed E-state index contributed by atoms with van der Waals surface area (Å²) in [6.07, 6.45) is 0.849. The van der Waals surface area contributed by atoms with Gasteiger partial charge in [0.15, 0.2) is 6.29 Å². The van der Waals surface area contributed by atoms with E-state index in [0.29, 0.717) is 18.1 Å². The zero-order valence-electron chi connectivity index (χ0n) is 13.0. The summed E-state index contributed by atoms with van der Waals surface area (Å²) in [5, 5.41) is 4.48. The van der Waals surface area contributed by atoms with Gasteiger partial charge in [0.25, 0.3) is 0 Å². The molecule has 0 saturated heterocycles. The third-order valence-corrected chi connectivity index (χ3v) is 3.32. The summed E-state index contributed by atoms with van der Waals surface area (Å²) >= 11 is 0. The molecule has 0 bridgehead atoms. The number of hydrogen-bond donors (Lipinski definition) is 0. The highest BCUT2D eigenvalue weighted by atomic mass is 16.5. The van der Waals surface area contributed by atoms with Gasteiger partial charge in [-0.15, -0.1) is 5.10 Å². The molecule has 112 valence electrons. The highest BCUT2D eigenvalue weighted by molar-refractivity contribution is 5.80. The number of benzene rings is 1. The predicted octanol–water partition coefficient (Wildman–Crippen LogP) is 3.98. The smallest absolute Gasteiger partial charge is 0.244 e. The molecule has 0 radical (unpaired) electrons. The van der Waals surface area contributed by atoms with E-state index < -0.39 is 0 Å². The van der Waals surface area contributed by atoms with Crippen LogP contribution in [0.1, 0.15) is 61.3 Å². The van der Waals surface area contributed by atoms with Crippen molar-refractivity contribution in [3.63, 3.8) is 0 Å². The van der Waals surface area contributed by atoms with Crippen molar-refractivity contribution in [1.82, 2.24) is 9.78 Å². The number of hydrogen-bond acceptors (Lipinski definition) is 3. The van der Waals surface area contributed by atoms with Crippen LogP contribution in [0.4, 0.5) is 0 Å². The van der Waals surface area contributed by atoms with Crippen molar-refractivity contribution in [1.29, 1.82) is 0 Å². The summed E-state index contributed by atoms with van der Waals surface area (Å²) in [5.74, 6) is 0.639. The molecule has 0 aliphatic carbocycles. The van der Waals surface area contributed by atoms with Crippen molar-refractivity contribution < 1.29 is 9.53 Å². The van der Waals surface area contributed by atoms with Crippen LogP contribution in [-0.4, -0.2) is 16.1 Å². The molecule has 0 N–H and O–H groups in total. The SMILES string of the molecule is CC(C)c1c(C=O)c(OCc2ccccc2)nn1C(C)C. The number of ether oxygens (including phenoxy) is 1. The molecule has 1 aromatic heterocycles.